The van der Waals surface area contributed by atoms with Gasteiger partial charge in [0.05, 0.1) is 10.6 Å². The Labute approximate surface area is 109 Å². The lowest BCUT2D eigenvalue weighted by atomic mass is 10.1. The fraction of sp³-hybridized carbons (Fsp3) is 0.231. The summed E-state index contributed by atoms with van der Waals surface area (Å²) in [5.41, 5.74) is 0.594. The molecule has 0 saturated carbocycles. The molecule has 0 amide bonds. The van der Waals surface area contributed by atoms with Gasteiger partial charge in [-0.05, 0) is 17.9 Å². The van der Waals surface area contributed by atoms with Gasteiger partial charge >= 0.3 is 0 Å². The van der Waals surface area contributed by atoms with Crippen LogP contribution in [0.25, 0.3) is 10.6 Å². The summed E-state index contributed by atoms with van der Waals surface area (Å²) >= 11 is 1.50. The second-order valence-electron chi connectivity index (χ2n) is 3.96. The third-order valence-electron chi connectivity index (χ3n) is 2.84. The summed E-state index contributed by atoms with van der Waals surface area (Å²) in [7, 11) is 1.66. The molecule has 0 atom stereocenters. The van der Waals surface area contributed by atoms with Crippen LogP contribution in [0, 0.1) is 5.41 Å². The van der Waals surface area contributed by atoms with Crippen LogP contribution in [0.2, 0.25) is 0 Å². The number of aromatic hydroxyl groups is 1. The fourth-order valence-corrected chi connectivity index (χ4v) is 2.58. The number of hydrogen-bond donors (Lipinski definition) is 2. The molecule has 0 aromatic carbocycles. The molecule has 18 heavy (non-hydrogen) atoms. The van der Waals surface area contributed by atoms with Crippen LogP contribution in [0.4, 0.5) is 0 Å². The summed E-state index contributed by atoms with van der Waals surface area (Å²) in [6.07, 6.45) is 0.418. The third-order valence-corrected chi connectivity index (χ3v) is 3.73. The topological polar surface area (TPSA) is 66.1 Å². The summed E-state index contributed by atoms with van der Waals surface area (Å²) in [6, 6.07) is 5.33. The average molecular weight is 262 g/mol. The van der Waals surface area contributed by atoms with E-state index in [2.05, 4.69) is 0 Å². The first kappa shape index (κ1) is 12.6. The van der Waals surface area contributed by atoms with Crippen LogP contribution in [0.15, 0.2) is 28.4 Å². The number of thiophene rings is 1. The maximum Gasteiger partial charge on any atom is 0.263 e. The molecule has 0 aliphatic heterocycles. The molecule has 2 aromatic rings. The molecule has 4 nitrogen and oxygen atoms in total. The molecule has 2 N–H and O–H groups in total. The number of nitrogens with one attached hydrogen (secondary N) is 1. The van der Waals surface area contributed by atoms with Crippen LogP contribution in [0.1, 0.15) is 18.9 Å². The highest BCUT2D eigenvalue weighted by Gasteiger charge is 2.16. The van der Waals surface area contributed by atoms with Crippen molar-refractivity contribution < 1.29 is 5.11 Å². The van der Waals surface area contributed by atoms with E-state index < -0.39 is 0 Å². The predicted octanol–water partition coefficient (Wildman–Crippen LogP) is 2.60. The van der Waals surface area contributed by atoms with E-state index in [0.717, 1.165) is 4.88 Å². The van der Waals surface area contributed by atoms with Crippen molar-refractivity contribution >= 4 is 17.0 Å². The van der Waals surface area contributed by atoms with Crippen LogP contribution in [-0.4, -0.2) is 15.4 Å². The highest BCUT2D eigenvalue weighted by Crippen LogP contribution is 2.27. The quantitative estimate of drug-likeness (QED) is 0.835. The van der Waals surface area contributed by atoms with Crippen LogP contribution in [0.3, 0.4) is 0 Å². The lowest BCUT2D eigenvalue weighted by Gasteiger charge is -2.11. The van der Waals surface area contributed by atoms with E-state index in [-0.39, 0.29) is 22.6 Å². The molecule has 2 aromatic heterocycles. The standard InChI is InChI=1S/C13H14N2O2S/c1-3-8(14)12-10(16)7-9(15(2)13(12)17)11-5-4-6-18-11/h4-7,14,16H,3H2,1-2H3. The van der Waals surface area contributed by atoms with Gasteiger partial charge in [-0.15, -0.1) is 11.3 Å². The first-order chi connectivity index (χ1) is 8.56. The van der Waals surface area contributed by atoms with Gasteiger partial charge in [0.1, 0.15) is 11.3 Å². The number of nitrogens with zero attached hydrogens (tertiary/aromatic N) is 1. The van der Waals surface area contributed by atoms with Crippen LogP contribution < -0.4 is 5.56 Å². The smallest absolute Gasteiger partial charge is 0.263 e. The fourth-order valence-electron chi connectivity index (χ4n) is 1.81. The monoisotopic (exact) mass is 262 g/mol. The highest BCUT2D eigenvalue weighted by atomic mass is 32.1. The summed E-state index contributed by atoms with van der Waals surface area (Å²) in [5, 5.41) is 19.6. The summed E-state index contributed by atoms with van der Waals surface area (Å²) < 4.78 is 1.48. The van der Waals surface area contributed by atoms with E-state index in [1.165, 1.54) is 15.9 Å². The predicted molar refractivity (Wildman–Crippen MR) is 73.8 cm³/mol. The Kier molecular flexibility index (Phi) is 3.34. The van der Waals surface area contributed by atoms with E-state index >= 15 is 0 Å². The zero-order valence-electron chi connectivity index (χ0n) is 10.2. The van der Waals surface area contributed by atoms with Gasteiger partial charge in [0.2, 0.25) is 0 Å². The minimum Gasteiger partial charge on any atom is -0.507 e. The molecule has 0 bridgehead atoms. The van der Waals surface area contributed by atoms with Crippen molar-refractivity contribution in [1.82, 2.24) is 4.57 Å². The lowest BCUT2D eigenvalue weighted by molar-refractivity contribution is 0.471. The molecule has 0 unspecified atom stereocenters. The molecule has 2 rings (SSSR count). The molecule has 0 radical (unpaired) electrons. The summed E-state index contributed by atoms with van der Waals surface area (Å²) in [5.74, 6) is -0.117. The first-order valence-corrected chi connectivity index (χ1v) is 6.48. The molecular weight excluding hydrogens is 248 g/mol. The van der Waals surface area contributed by atoms with Gasteiger partial charge in [-0.2, -0.15) is 0 Å². The van der Waals surface area contributed by atoms with Crippen molar-refractivity contribution in [1.29, 1.82) is 5.41 Å². The van der Waals surface area contributed by atoms with Gasteiger partial charge in [0.15, 0.2) is 0 Å². The normalized spacial score (nSPS) is 10.6. The van der Waals surface area contributed by atoms with E-state index in [1.807, 2.05) is 17.5 Å². The highest BCUT2D eigenvalue weighted by molar-refractivity contribution is 7.13. The van der Waals surface area contributed by atoms with Gasteiger partial charge < -0.3 is 15.1 Å². The Hall–Kier alpha value is -1.88. The molecule has 5 heteroatoms. The molecule has 0 saturated heterocycles. The molecule has 94 valence electrons. The Morgan fingerprint density at radius 3 is 2.83 bits per heavy atom. The first-order valence-electron chi connectivity index (χ1n) is 5.61. The maximum absolute atomic E-state index is 12.2. The van der Waals surface area contributed by atoms with Crippen LogP contribution >= 0.6 is 11.3 Å². The van der Waals surface area contributed by atoms with Crippen molar-refractivity contribution in [2.24, 2.45) is 7.05 Å². The van der Waals surface area contributed by atoms with Crippen molar-refractivity contribution in [3.8, 4) is 16.3 Å². The second kappa shape index (κ2) is 4.78. The number of rotatable bonds is 3. The van der Waals surface area contributed by atoms with Crippen molar-refractivity contribution in [2.75, 3.05) is 0 Å². The van der Waals surface area contributed by atoms with Crippen LogP contribution in [-0.2, 0) is 7.05 Å². The Morgan fingerprint density at radius 1 is 1.56 bits per heavy atom. The zero-order chi connectivity index (χ0) is 13.3. The summed E-state index contributed by atoms with van der Waals surface area (Å²) in [6.45, 7) is 1.79. The second-order valence-corrected chi connectivity index (χ2v) is 4.91. The van der Waals surface area contributed by atoms with Gasteiger partial charge in [-0.1, -0.05) is 13.0 Å². The molecule has 2 heterocycles. The minimum absolute atomic E-state index is 0.0975. The Balaban J connectivity index is 2.70. The van der Waals surface area contributed by atoms with Gasteiger partial charge in [-0.3, -0.25) is 4.79 Å². The molecular formula is C13H14N2O2S. The largest absolute Gasteiger partial charge is 0.507 e. The van der Waals surface area contributed by atoms with E-state index in [1.54, 1.807) is 20.0 Å². The van der Waals surface area contributed by atoms with Crippen molar-refractivity contribution in [3.63, 3.8) is 0 Å². The summed E-state index contributed by atoms with van der Waals surface area (Å²) in [4.78, 5) is 13.1. The van der Waals surface area contributed by atoms with Crippen molar-refractivity contribution in [2.45, 2.75) is 13.3 Å². The third kappa shape index (κ3) is 1.97. The molecule has 0 spiro atoms. The van der Waals surface area contributed by atoms with E-state index in [4.69, 9.17) is 5.41 Å². The van der Waals surface area contributed by atoms with E-state index in [9.17, 15) is 9.90 Å². The maximum atomic E-state index is 12.2. The number of aromatic nitrogens is 1. The van der Waals surface area contributed by atoms with Gasteiger partial charge in [0, 0.05) is 18.8 Å². The minimum atomic E-state index is -0.328. The average Bonchev–Trinajstić information content (AvgIpc) is 2.87. The Morgan fingerprint density at radius 2 is 2.28 bits per heavy atom. The van der Waals surface area contributed by atoms with Crippen molar-refractivity contribution in [3.05, 3.63) is 39.5 Å². The number of pyridine rings is 1. The lowest BCUT2D eigenvalue weighted by Crippen LogP contribution is -2.25. The van der Waals surface area contributed by atoms with E-state index in [0.29, 0.717) is 12.1 Å². The Bertz CT molecular complexity index is 642. The van der Waals surface area contributed by atoms with Gasteiger partial charge in [-0.25, -0.2) is 0 Å². The van der Waals surface area contributed by atoms with Gasteiger partial charge in [0.25, 0.3) is 5.56 Å². The molecule has 0 aliphatic carbocycles. The molecule has 0 aliphatic rings. The number of hydrogen-bond acceptors (Lipinski definition) is 4. The molecule has 0 fully saturated rings. The SMILES string of the molecule is CCC(=N)c1c(O)cc(-c2cccs2)n(C)c1=O. The zero-order valence-corrected chi connectivity index (χ0v) is 11.0. The van der Waals surface area contributed by atoms with Crippen LogP contribution in [0.5, 0.6) is 5.75 Å².